The molecule has 0 unspecified atom stereocenters. The third-order valence-electron chi connectivity index (χ3n) is 3.78. The third-order valence-corrected chi connectivity index (χ3v) is 3.78. The van der Waals surface area contributed by atoms with E-state index in [1.54, 1.807) is 28.6 Å². The lowest BCUT2D eigenvalue weighted by Gasteiger charge is -2.07. The Morgan fingerprint density at radius 1 is 1.29 bits per heavy atom. The van der Waals surface area contributed by atoms with Crippen LogP contribution in [-0.4, -0.2) is 33.3 Å². The van der Waals surface area contributed by atoms with E-state index < -0.39 is 5.97 Å². The first kappa shape index (κ1) is 15.8. The van der Waals surface area contributed by atoms with Gasteiger partial charge >= 0.3 is 5.97 Å². The van der Waals surface area contributed by atoms with Crippen molar-refractivity contribution in [3.63, 3.8) is 0 Å². The number of amides is 1. The molecule has 0 fully saturated rings. The van der Waals surface area contributed by atoms with Crippen LogP contribution in [0.25, 0.3) is 10.9 Å². The van der Waals surface area contributed by atoms with Gasteiger partial charge in [0.25, 0.3) is 0 Å². The monoisotopic (exact) mass is 326 g/mol. The first-order valence-corrected chi connectivity index (χ1v) is 7.46. The molecule has 0 radical (unpaired) electrons. The summed E-state index contributed by atoms with van der Waals surface area (Å²) in [7, 11) is 3.11. The van der Waals surface area contributed by atoms with Gasteiger partial charge in [0.1, 0.15) is 12.4 Å². The molecule has 2 aromatic heterocycles. The fourth-order valence-corrected chi connectivity index (χ4v) is 2.71. The second kappa shape index (κ2) is 6.19. The van der Waals surface area contributed by atoms with Gasteiger partial charge in [0, 0.05) is 30.2 Å². The van der Waals surface area contributed by atoms with Crippen LogP contribution in [0.15, 0.2) is 36.5 Å². The molecule has 124 valence electrons. The summed E-state index contributed by atoms with van der Waals surface area (Å²) in [6, 6.07) is 9.20. The van der Waals surface area contributed by atoms with Crippen molar-refractivity contribution in [1.82, 2.24) is 14.3 Å². The van der Waals surface area contributed by atoms with Crippen molar-refractivity contribution in [1.29, 1.82) is 0 Å². The van der Waals surface area contributed by atoms with E-state index in [1.165, 1.54) is 7.11 Å². The number of carbonyl (C=O) groups is 2. The second-order valence-corrected chi connectivity index (χ2v) is 5.52. The zero-order valence-electron chi connectivity index (χ0n) is 13.7. The number of aryl methyl sites for hydroxylation is 2. The number of hydrogen-bond donors (Lipinski definition) is 1. The summed E-state index contributed by atoms with van der Waals surface area (Å²) in [5.41, 5.74) is 2.07. The van der Waals surface area contributed by atoms with Crippen LogP contribution < -0.4 is 5.32 Å². The standard InChI is InChI=1S/C17H18N4O3/c1-11-8-15(20(2)19-11)18-16(22)10-21-9-13(17(23)24-3)12-6-4-5-7-14(12)21/h4-9H,10H2,1-3H3,(H,18,22). The maximum atomic E-state index is 12.3. The van der Waals surface area contributed by atoms with Crippen molar-refractivity contribution < 1.29 is 14.3 Å². The maximum absolute atomic E-state index is 12.3. The lowest BCUT2D eigenvalue weighted by Crippen LogP contribution is -2.19. The summed E-state index contributed by atoms with van der Waals surface area (Å²) in [5, 5.41) is 7.77. The van der Waals surface area contributed by atoms with Gasteiger partial charge in [-0.15, -0.1) is 0 Å². The number of anilines is 1. The van der Waals surface area contributed by atoms with Crippen LogP contribution in [0.5, 0.6) is 0 Å². The van der Waals surface area contributed by atoms with Crippen LogP contribution in [0, 0.1) is 6.92 Å². The summed E-state index contributed by atoms with van der Waals surface area (Å²) < 4.78 is 8.16. The topological polar surface area (TPSA) is 78.2 Å². The van der Waals surface area contributed by atoms with E-state index in [1.807, 2.05) is 31.2 Å². The van der Waals surface area contributed by atoms with E-state index in [0.717, 1.165) is 16.6 Å². The number of rotatable bonds is 4. The van der Waals surface area contributed by atoms with Gasteiger partial charge < -0.3 is 14.6 Å². The number of esters is 1. The molecule has 2 heterocycles. The Bertz CT molecular complexity index is 923. The molecule has 1 aromatic carbocycles. The molecule has 3 rings (SSSR count). The Balaban J connectivity index is 1.88. The van der Waals surface area contributed by atoms with Crippen LogP contribution in [0.1, 0.15) is 16.1 Å². The minimum atomic E-state index is -0.424. The first-order chi connectivity index (χ1) is 11.5. The Labute approximate surface area is 138 Å². The van der Waals surface area contributed by atoms with Crippen LogP contribution in [0.2, 0.25) is 0 Å². The van der Waals surface area contributed by atoms with Crippen LogP contribution in [0.3, 0.4) is 0 Å². The van der Waals surface area contributed by atoms with Crippen LogP contribution >= 0.6 is 0 Å². The number of aromatic nitrogens is 3. The zero-order chi connectivity index (χ0) is 17.3. The van der Waals surface area contributed by atoms with E-state index in [-0.39, 0.29) is 12.5 Å². The fraction of sp³-hybridized carbons (Fsp3) is 0.235. The molecule has 7 heteroatoms. The number of hydrogen-bond acceptors (Lipinski definition) is 4. The van der Waals surface area contributed by atoms with E-state index in [4.69, 9.17) is 4.74 Å². The highest BCUT2D eigenvalue weighted by atomic mass is 16.5. The first-order valence-electron chi connectivity index (χ1n) is 7.46. The van der Waals surface area contributed by atoms with Crippen molar-refractivity contribution >= 4 is 28.6 Å². The number of ether oxygens (including phenoxy) is 1. The predicted octanol–water partition coefficient (Wildman–Crippen LogP) is 2.11. The average molecular weight is 326 g/mol. The molecule has 0 bridgehead atoms. The van der Waals surface area contributed by atoms with Crippen molar-refractivity contribution in [2.24, 2.45) is 7.05 Å². The van der Waals surface area contributed by atoms with Crippen LogP contribution in [0.4, 0.5) is 5.82 Å². The third kappa shape index (κ3) is 2.88. The minimum Gasteiger partial charge on any atom is -0.465 e. The number of para-hydroxylation sites is 1. The average Bonchev–Trinajstić information content (AvgIpc) is 3.07. The Kier molecular flexibility index (Phi) is 4.07. The molecule has 7 nitrogen and oxygen atoms in total. The SMILES string of the molecule is COC(=O)c1cn(CC(=O)Nc2cc(C)nn2C)c2ccccc12. The maximum Gasteiger partial charge on any atom is 0.340 e. The second-order valence-electron chi connectivity index (χ2n) is 5.52. The van der Waals surface area contributed by atoms with Crippen molar-refractivity contribution in [3.05, 3.63) is 47.8 Å². The summed E-state index contributed by atoms with van der Waals surface area (Å²) >= 11 is 0. The molecule has 0 atom stereocenters. The van der Waals surface area contributed by atoms with Crippen LogP contribution in [-0.2, 0) is 23.1 Å². The molecule has 0 saturated carbocycles. The number of nitrogens with zero attached hydrogens (tertiary/aromatic N) is 3. The molecule has 0 aliphatic carbocycles. The summed E-state index contributed by atoms with van der Waals surface area (Å²) in [6.07, 6.45) is 1.64. The fourth-order valence-electron chi connectivity index (χ4n) is 2.71. The van der Waals surface area contributed by atoms with Crippen molar-refractivity contribution in [2.45, 2.75) is 13.5 Å². The van der Waals surface area contributed by atoms with Gasteiger partial charge in [0.15, 0.2) is 0 Å². The van der Waals surface area contributed by atoms with Gasteiger partial charge in [-0.05, 0) is 13.0 Å². The normalized spacial score (nSPS) is 10.8. The number of benzene rings is 1. The van der Waals surface area contributed by atoms with E-state index in [9.17, 15) is 9.59 Å². The number of carbonyl (C=O) groups excluding carboxylic acids is 2. The predicted molar refractivity (Wildman–Crippen MR) is 89.9 cm³/mol. The molecular formula is C17H18N4O3. The summed E-state index contributed by atoms with van der Waals surface area (Å²) in [5.74, 6) is 0.00457. The Morgan fingerprint density at radius 3 is 2.71 bits per heavy atom. The molecule has 0 aliphatic heterocycles. The lowest BCUT2D eigenvalue weighted by molar-refractivity contribution is -0.116. The highest BCUT2D eigenvalue weighted by molar-refractivity contribution is 6.04. The molecule has 24 heavy (non-hydrogen) atoms. The Morgan fingerprint density at radius 2 is 2.04 bits per heavy atom. The van der Waals surface area contributed by atoms with Gasteiger partial charge in [-0.25, -0.2) is 4.79 Å². The van der Waals surface area contributed by atoms with Gasteiger partial charge in [-0.2, -0.15) is 5.10 Å². The van der Waals surface area contributed by atoms with Gasteiger partial charge in [0.05, 0.1) is 18.4 Å². The van der Waals surface area contributed by atoms with Crippen molar-refractivity contribution in [3.8, 4) is 0 Å². The highest BCUT2D eigenvalue weighted by Crippen LogP contribution is 2.22. The summed E-state index contributed by atoms with van der Waals surface area (Å²) in [4.78, 5) is 24.3. The van der Waals surface area contributed by atoms with E-state index in [2.05, 4.69) is 10.4 Å². The quantitative estimate of drug-likeness (QED) is 0.745. The van der Waals surface area contributed by atoms with Crippen molar-refractivity contribution in [2.75, 3.05) is 12.4 Å². The van der Waals surface area contributed by atoms with Gasteiger partial charge in [0.2, 0.25) is 5.91 Å². The zero-order valence-corrected chi connectivity index (χ0v) is 13.7. The number of methoxy groups -OCH3 is 1. The summed E-state index contributed by atoms with van der Waals surface area (Å²) in [6.45, 7) is 1.94. The van der Waals surface area contributed by atoms with Gasteiger partial charge in [-0.1, -0.05) is 18.2 Å². The van der Waals surface area contributed by atoms with E-state index in [0.29, 0.717) is 11.4 Å². The molecule has 0 aliphatic rings. The number of nitrogens with one attached hydrogen (secondary N) is 1. The molecule has 3 aromatic rings. The number of fused-ring (bicyclic) bond motifs is 1. The van der Waals surface area contributed by atoms with E-state index >= 15 is 0 Å². The molecule has 0 spiro atoms. The molecule has 1 amide bonds. The lowest BCUT2D eigenvalue weighted by atomic mass is 10.2. The molecule has 1 N–H and O–H groups in total. The molecule has 0 saturated heterocycles. The Hall–Kier alpha value is -3.09. The largest absolute Gasteiger partial charge is 0.465 e. The molecular weight excluding hydrogens is 308 g/mol. The minimum absolute atomic E-state index is 0.0851. The van der Waals surface area contributed by atoms with Gasteiger partial charge in [-0.3, -0.25) is 9.48 Å². The smallest absolute Gasteiger partial charge is 0.340 e. The highest BCUT2D eigenvalue weighted by Gasteiger charge is 2.17.